The molecule has 5 nitrogen and oxygen atoms in total. The molecule has 0 amide bonds. The maximum absolute atomic E-state index is 10.9. The minimum atomic E-state index is -1.06. The molecule has 0 heterocycles. The predicted molar refractivity (Wildman–Crippen MR) is 66.3 cm³/mol. The highest BCUT2D eigenvalue weighted by Crippen LogP contribution is 2.33. The standard InChI is InChI=1S/C12H15ClO5/c1-3-9(12(15)16)18-11-5-10(17-2)7(6-14)4-8(11)13/h4-5,9,14H,3,6H2,1-2H3,(H,15,16). The molecule has 1 rings (SSSR count). The molecule has 0 aliphatic carbocycles. The highest BCUT2D eigenvalue weighted by Gasteiger charge is 2.19. The lowest BCUT2D eigenvalue weighted by atomic mass is 10.2. The van der Waals surface area contributed by atoms with E-state index in [9.17, 15) is 4.79 Å². The summed E-state index contributed by atoms with van der Waals surface area (Å²) in [6, 6.07) is 2.96. The molecule has 2 N–H and O–H groups in total. The van der Waals surface area contributed by atoms with Gasteiger partial charge in [0.25, 0.3) is 0 Å². The monoisotopic (exact) mass is 274 g/mol. The molecule has 1 aromatic carbocycles. The average molecular weight is 275 g/mol. The van der Waals surface area contributed by atoms with Gasteiger partial charge in [0.05, 0.1) is 18.7 Å². The van der Waals surface area contributed by atoms with Gasteiger partial charge in [-0.05, 0) is 12.5 Å². The summed E-state index contributed by atoms with van der Waals surface area (Å²) < 4.78 is 10.4. The van der Waals surface area contributed by atoms with E-state index in [1.54, 1.807) is 6.92 Å². The third-order valence-electron chi connectivity index (χ3n) is 2.42. The number of aliphatic hydroxyl groups is 1. The molecule has 1 aromatic rings. The van der Waals surface area contributed by atoms with Gasteiger partial charge >= 0.3 is 5.97 Å². The van der Waals surface area contributed by atoms with E-state index >= 15 is 0 Å². The number of carbonyl (C=O) groups is 1. The molecule has 0 aliphatic heterocycles. The highest BCUT2D eigenvalue weighted by atomic mass is 35.5. The van der Waals surface area contributed by atoms with Crippen LogP contribution in [-0.2, 0) is 11.4 Å². The molecule has 6 heteroatoms. The number of methoxy groups -OCH3 is 1. The van der Waals surface area contributed by atoms with Crippen molar-refractivity contribution in [1.82, 2.24) is 0 Å². The summed E-state index contributed by atoms with van der Waals surface area (Å²) in [5.41, 5.74) is 0.512. The predicted octanol–water partition coefficient (Wildman–Crippen LogP) is 2.08. The fourth-order valence-corrected chi connectivity index (χ4v) is 1.67. The van der Waals surface area contributed by atoms with Crippen molar-refractivity contribution in [1.29, 1.82) is 0 Å². The Bertz CT molecular complexity index is 433. The number of aliphatic hydroxyl groups excluding tert-OH is 1. The Balaban J connectivity index is 3.05. The number of benzene rings is 1. The van der Waals surface area contributed by atoms with Crippen molar-refractivity contribution < 1.29 is 24.5 Å². The van der Waals surface area contributed by atoms with Gasteiger partial charge in [-0.2, -0.15) is 0 Å². The molecular weight excluding hydrogens is 260 g/mol. The lowest BCUT2D eigenvalue weighted by molar-refractivity contribution is -0.145. The van der Waals surface area contributed by atoms with E-state index in [0.29, 0.717) is 17.7 Å². The Labute approximate surface area is 110 Å². The fourth-order valence-electron chi connectivity index (χ4n) is 1.44. The lowest BCUT2D eigenvalue weighted by Crippen LogP contribution is -2.26. The van der Waals surface area contributed by atoms with Crippen molar-refractivity contribution in [2.45, 2.75) is 26.1 Å². The smallest absolute Gasteiger partial charge is 0.344 e. The van der Waals surface area contributed by atoms with Gasteiger partial charge in [-0.15, -0.1) is 0 Å². The molecule has 0 fully saturated rings. The third kappa shape index (κ3) is 3.27. The van der Waals surface area contributed by atoms with Crippen LogP contribution in [0.4, 0.5) is 0 Å². The summed E-state index contributed by atoms with van der Waals surface area (Å²) >= 11 is 5.96. The maximum atomic E-state index is 10.9. The Morgan fingerprint density at radius 2 is 2.11 bits per heavy atom. The first-order valence-corrected chi connectivity index (χ1v) is 5.78. The molecule has 0 aromatic heterocycles. The zero-order valence-corrected chi connectivity index (χ0v) is 10.9. The molecule has 0 saturated carbocycles. The van der Waals surface area contributed by atoms with Crippen LogP contribution in [0.5, 0.6) is 11.5 Å². The van der Waals surface area contributed by atoms with E-state index in [1.807, 2.05) is 0 Å². The van der Waals surface area contributed by atoms with E-state index in [0.717, 1.165) is 0 Å². The largest absolute Gasteiger partial charge is 0.496 e. The average Bonchev–Trinajstić information content (AvgIpc) is 2.36. The third-order valence-corrected chi connectivity index (χ3v) is 2.72. The number of aliphatic carboxylic acids is 1. The Kier molecular flexibility index (Phi) is 5.25. The van der Waals surface area contributed by atoms with Gasteiger partial charge in [0, 0.05) is 11.6 Å². The van der Waals surface area contributed by atoms with E-state index in [4.69, 9.17) is 31.3 Å². The normalized spacial score (nSPS) is 12.0. The number of halogens is 1. The van der Waals surface area contributed by atoms with E-state index in [1.165, 1.54) is 19.2 Å². The van der Waals surface area contributed by atoms with Gasteiger partial charge in [0.2, 0.25) is 0 Å². The number of ether oxygens (including phenoxy) is 2. The first kappa shape index (κ1) is 14.6. The number of carboxylic acids is 1. The molecule has 0 saturated heterocycles. The first-order valence-electron chi connectivity index (χ1n) is 5.40. The Hall–Kier alpha value is -1.46. The van der Waals surface area contributed by atoms with Crippen LogP contribution < -0.4 is 9.47 Å². The number of hydrogen-bond donors (Lipinski definition) is 2. The minimum absolute atomic E-state index is 0.222. The molecule has 18 heavy (non-hydrogen) atoms. The second-order valence-electron chi connectivity index (χ2n) is 3.61. The van der Waals surface area contributed by atoms with Crippen molar-refractivity contribution in [3.63, 3.8) is 0 Å². The van der Waals surface area contributed by atoms with Crippen molar-refractivity contribution >= 4 is 17.6 Å². The lowest BCUT2D eigenvalue weighted by Gasteiger charge is -2.16. The van der Waals surface area contributed by atoms with E-state index < -0.39 is 12.1 Å². The van der Waals surface area contributed by atoms with Gasteiger partial charge in [-0.25, -0.2) is 4.79 Å². The van der Waals surface area contributed by atoms with Crippen molar-refractivity contribution in [2.75, 3.05) is 7.11 Å². The van der Waals surface area contributed by atoms with Crippen LogP contribution in [0.1, 0.15) is 18.9 Å². The Morgan fingerprint density at radius 3 is 2.56 bits per heavy atom. The van der Waals surface area contributed by atoms with Crippen molar-refractivity contribution in [2.24, 2.45) is 0 Å². The summed E-state index contributed by atoms with van der Waals surface area (Å²) in [5, 5.41) is 18.3. The molecule has 1 atom stereocenters. The number of rotatable bonds is 6. The summed E-state index contributed by atoms with van der Waals surface area (Å²) in [5.74, 6) is -0.434. The second kappa shape index (κ2) is 6.47. The zero-order chi connectivity index (χ0) is 13.7. The zero-order valence-electron chi connectivity index (χ0n) is 10.1. The molecule has 0 aliphatic rings. The molecule has 0 radical (unpaired) electrons. The van der Waals surface area contributed by atoms with Crippen LogP contribution in [-0.4, -0.2) is 29.4 Å². The van der Waals surface area contributed by atoms with Crippen LogP contribution >= 0.6 is 11.6 Å². The number of hydrogen-bond acceptors (Lipinski definition) is 4. The van der Waals surface area contributed by atoms with Gasteiger partial charge in [0.1, 0.15) is 11.5 Å². The maximum Gasteiger partial charge on any atom is 0.344 e. The molecule has 0 bridgehead atoms. The molecular formula is C12H15ClO5. The summed E-state index contributed by atoms with van der Waals surface area (Å²) in [7, 11) is 1.45. The SMILES string of the molecule is CCC(Oc1cc(OC)c(CO)cc1Cl)C(=O)O. The van der Waals surface area contributed by atoms with Crippen LogP contribution in [0.15, 0.2) is 12.1 Å². The fraction of sp³-hybridized carbons (Fsp3) is 0.417. The topological polar surface area (TPSA) is 76.0 Å². The van der Waals surface area contributed by atoms with Gasteiger partial charge < -0.3 is 19.7 Å². The minimum Gasteiger partial charge on any atom is -0.496 e. The van der Waals surface area contributed by atoms with Gasteiger partial charge in [-0.3, -0.25) is 0 Å². The van der Waals surface area contributed by atoms with Gasteiger partial charge in [0.15, 0.2) is 6.10 Å². The van der Waals surface area contributed by atoms with Crippen LogP contribution in [0, 0.1) is 0 Å². The molecule has 0 spiro atoms. The van der Waals surface area contributed by atoms with Crippen molar-refractivity contribution in [3.05, 3.63) is 22.7 Å². The molecule has 1 unspecified atom stereocenters. The number of carboxylic acid groups (broad SMARTS) is 1. The second-order valence-corrected chi connectivity index (χ2v) is 4.01. The summed E-state index contributed by atoms with van der Waals surface area (Å²) in [6.07, 6.45) is -0.650. The van der Waals surface area contributed by atoms with E-state index in [2.05, 4.69) is 0 Å². The van der Waals surface area contributed by atoms with Crippen molar-refractivity contribution in [3.8, 4) is 11.5 Å². The van der Waals surface area contributed by atoms with E-state index in [-0.39, 0.29) is 17.4 Å². The summed E-state index contributed by atoms with van der Waals surface area (Å²) in [4.78, 5) is 10.9. The Morgan fingerprint density at radius 1 is 1.44 bits per heavy atom. The van der Waals surface area contributed by atoms with Crippen LogP contribution in [0.3, 0.4) is 0 Å². The van der Waals surface area contributed by atoms with Crippen LogP contribution in [0.25, 0.3) is 0 Å². The van der Waals surface area contributed by atoms with Crippen LogP contribution in [0.2, 0.25) is 5.02 Å². The highest BCUT2D eigenvalue weighted by molar-refractivity contribution is 6.32. The summed E-state index contributed by atoms with van der Waals surface area (Å²) in [6.45, 7) is 1.48. The molecule has 100 valence electrons. The van der Waals surface area contributed by atoms with Gasteiger partial charge in [-0.1, -0.05) is 18.5 Å². The first-order chi connectivity index (χ1) is 8.53. The quantitative estimate of drug-likeness (QED) is 0.831.